The van der Waals surface area contributed by atoms with Gasteiger partial charge in [0.1, 0.15) is 0 Å². The summed E-state index contributed by atoms with van der Waals surface area (Å²) in [6, 6.07) is 0. The van der Waals surface area contributed by atoms with E-state index in [1.165, 1.54) is 0 Å². The number of hydrogen-bond donors (Lipinski definition) is 2. The minimum absolute atomic E-state index is 0.118. The first-order chi connectivity index (χ1) is 13.0. The zero-order valence-electron chi connectivity index (χ0n) is 17.0. The van der Waals surface area contributed by atoms with Crippen LogP contribution in [-0.4, -0.2) is 57.7 Å². The maximum absolute atomic E-state index is 12.3. The second-order valence-corrected chi connectivity index (χ2v) is 7.22. The normalized spacial score (nSPS) is 14.9. The van der Waals surface area contributed by atoms with Crippen molar-refractivity contribution in [2.45, 2.75) is 64.7 Å². The quantitative estimate of drug-likeness (QED) is 0.650. The van der Waals surface area contributed by atoms with Crippen molar-refractivity contribution in [2.75, 3.05) is 31.5 Å². The summed E-state index contributed by atoms with van der Waals surface area (Å²) in [5.41, 5.74) is 0. The third-order valence-electron chi connectivity index (χ3n) is 4.87. The molecule has 1 aromatic rings. The van der Waals surface area contributed by atoms with Gasteiger partial charge in [-0.3, -0.25) is 14.9 Å². The number of aryl methyl sites for hydroxylation is 1. The molecule has 0 radical (unpaired) electrons. The van der Waals surface area contributed by atoms with Gasteiger partial charge in [-0.2, -0.15) is 10.1 Å². The van der Waals surface area contributed by atoms with E-state index < -0.39 is 0 Å². The summed E-state index contributed by atoms with van der Waals surface area (Å²) < 4.78 is 1.63. The smallest absolute Gasteiger partial charge is 0.227 e. The molecule has 8 heteroatoms. The van der Waals surface area contributed by atoms with Gasteiger partial charge in [0.2, 0.25) is 17.8 Å². The molecule has 0 aliphatic carbocycles. The van der Waals surface area contributed by atoms with Gasteiger partial charge in [0.05, 0.1) is 0 Å². The number of rotatable bonds is 10. The van der Waals surface area contributed by atoms with Gasteiger partial charge in [-0.05, 0) is 45.2 Å². The van der Waals surface area contributed by atoms with E-state index in [0.29, 0.717) is 31.1 Å². The molecule has 1 aromatic heterocycles. The second kappa shape index (κ2) is 11.0. The number of hydrogen-bond acceptors (Lipinski definition) is 5. The van der Waals surface area contributed by atoms with Crippen molar-refractivity contribution >= 4 is 17.8 Å². The molecular formula is C19H34N6O2. The number of piperidine rings is 1. The molecule has 2 heterocycles. The van der Waals surface area contributed by atoms with Crippen LogP contribution < -0.4 is 10.6 Å². The van der Waals surface area contributed by atoms with Gasteiger partial charge >= 0.3 is 0 Å². The van der Waals surface area contributed by atoms with Crippen LogP contribution in [0.4, 0.5) is 5.95 Å². The first kappa shape index (κ1) is 21.3. The average Bonchev–Trinajstić information content (AvgIpc) is 3.02. The highest BCUT2D eigenvalue weighted by Crippen LogP contribution is 2.23. The molecule has 1 aliphatic heterocycles. The lowest BCUT2D eigenvalue weighted by Crippen LogP contribution is -2.32. The predicted octanol–water partition coefficient (Wildman–Crippen LogP) is 2.04. The lowest BCUT2D eigenvalue weighted by Gasteiger charge is -2.21. The highest BCUT2D eigenvalue weighted by molar-refractivity contribution is 5.89. The Balaban J connectivity index is 1.78. The highest BCUT2D eigenvalue weighted by atomic mass is 16.2. The van der Waals surface area contributed by atoms with Crippen molar-refractivity contribution in [3.05, 3.63) is 5.82 Å². The van der Waals surface area contributed by atoms with Gasteiger partial charge in [-0.15, -0.1) is 0 Å². The Bertz CT molecular complexity index is 603. The Labute approximate surface area is 162 Å². The van der Waals surface area contributed by atoms with E-state index in [2.05, 4.69) is 34.6 Å². The van der Waals surface area contributed by atoms with Crippen molar-refractivity contribution < 1.29 is 9.59 Å². The molecule has 27 heavy (non-hydrogen) atoms. The van der Waals surface area contributed by atoms with Crippen molar-refractivity contribution in [2.24, 2.45) is 7.05 Å². The third-order valence-corrected chi connectivity index (χ3v) is 4.87. The number of aromatic nitrogens is 3. The van der Waals surface area contributed by atoms with Gasteiger partial charge in [0, 0.05) is 38.9 Å². The third kappa shape index (κ3) is 6.61. The van der Waals surface area contributed by atoms with Crippen LogP contribution >= 0.6 is 0 Å². The average molecular weight is 379 g/mol. The van der Waals surface area contributed by atoms with Crippen molar-refractivity contribution in [3.8, 4) is 0 Å². The van der Waals surface area contributed by atoms with E-state index >= 15 is 0 Å². The largest absolute Gasteiger partial charge is 0.343 e. The summed E-state index contributed by atoms with van der Waals surface area (Å²) in [7, 11) is 1.80. The molecular weight excluding hydrogens is 344 g/mol. The van der Waals surface area contributed by atoms with Crippen LogP contribution in [0.5, 0.6) is 0 Å². The van der Waals surface area contributed by atoms with E-state index in [0.717, 1.165) is 57.7 Å². The zero-order valence-corrected chi connectivity index (χ0v) is 17.0. The van der Waals surface area contributed by atoms with Crippen LogP contribution in [0.3, 0.4) is 0 Å². The zero-order chi connectivity index (χ0) is 19.6. The molecule has 0 spiro atoms. The molecule has 0 atom stereocenters. The Morgan fingerprint density at radius 1 is 1.19 bits per heavy atom. The van der Waals surface area contributed by atoms with Gasteiger partial charge in [-0.25, -0.2) is 4.68 Å². The van der Waals surface area contributed by atoms with Gasteiger partial charge in [-0.1, -0.05) is 13.8 Å². The lowest BCUT2D eigenvalue weighted by molar-refractivity contribution is -0.131. The first-order valence-electron chi connectivity index (χ1n) is 10.2. The van der Waals surface area contributed by atoms with Crippen LogP contribution in [0.15, 0.2) is 0 Å². The minimum atomic E-state index is -0.118. The van der Waals surface area contributed by atoms with Crippen molar-refractivity contribution in [3.63, 3.8) is 0 Å². The predicted molar refractivity (Wildman–Crippen MR) is 105 cm³/mol. The Morgan fingerprint density at radius 2 is 1.85 bits per heavy atom. The van der Waals surface area contributed by atoms with Crippen molar-refractivity contribution in [1.29, 1.82) is 0 Å². The molecule has 2 rings (SSSR count). The van der Waals surface area contributed by atoms with Crippen LogP contribution in [-0.2, 0) is 16.6 Å². The fraction of sp³-hybridized carbons (Fsp3) is 0.789. The number of anilines is 1. The molecule has 0 bridgehead atoms. The molecule has 2 amide bonds. The van der Waals surface area contributed by atoms with E-state index in [1.807, 2.05) is 4.90 Å². The SMILES string of the molecule is CCCN(CCC)C(=O)CCCC(=O)Nc1nc(C2CCNCC2)nn1C. The van der Waals surface area contributed by atoms with Crippen molar-refractivity contribution in [1.82, 2.24) is 25.0 Å². The van der Waals surface area contributed by atoms with Crippen LogP contribution in [0.25, 0.3) is 0 Å². The summed E-state index contributed by atoms with van der Waals surface area (Å²) in [5.74, 6) is 1.66. The number of carbonyl (C=O) groups is 2. The van der Waals surface area contributed by atoms with E-state index in [1.54, 1.807) is 11.7 Å². The Hall–Kier alpha value is -1.96. The standard InChI is InChI=1S/C19H34N6O2/c1-4-13-25(14-5-2)17(27)8-6-7-16(26)21-19-22-18(23-24(19)3)15-9-11-20-12-10-15/h15,20H,4-14H2,1-3H3,(H,21,22,23,26). The van der Waals surface area contributed by atoms with E-state index in [-0.39, 0.29) is 11.8 Å². The highest BCUT2D eigenvalue weighted by Gasteiger charge is 2.21. The van der Waals surface area contributed by atoms with Crippen LogP contribution in [0.2, 0.25) is 0 Å². The van der Waals surface area contributed by atoms with Gasteiger partial charge in [0.15, 0.2) is 5.82 Å². The Kier molecular flexibility index (Phi) is 8.71. The first-order valence-corrected chi connectivity index (χ1v) is 10.2. The van der Waals surface area contributed by atoms with Crippen LogP contribution in [0.1, 0.15) is 70.5 Å². The number of carbonyl (C=O) groups excluding carboxylic acids is 2. The molecule has 1 aliphatic rings. The molecule has 1 fully saturated rings. The van der Waals surface area contributed by atoms with Crippen LogP contribution in [0, 0.1) is 0 Å². The summed E-state index contributed by atoms with van der Waals surface area (Å²) in [5, 5.41) is 10.6. The van der Waals surface area contributed by atoms with Gasteiger partial charge in [0.25, 0.3) is 0 Å². The molecule has 0 unspecified atom stereocenters. The van der Waals surface area contributed by atoms with E-state index in [9.17, 15) is 9.59 Å². The molecule has 8 nitrogen and oxygen atoms in total. The summed E-state index contributed by atoms with van der Waals surface area (Å²) in [6.07, 6.45) is 5.22. The molecule has 1 saturated heterocycles. The summed E-state index contributed by atoms with van der Waals surface area (Å²) in [4.78, 5) is 30.9. The maximum atomic E-state index is 12.3. The fourth-order valence-electron chi connectivity index (χ4n) is 3.41. The maximum Gasteiger partial charge on any atom is 0.227 e. The summed E-state index contributed by atoms with van der Waals surface area (Å²) in [6.45, 7) is 7.68. The Morgan fingerprint density at radius 3 is 2.48 bits per heavy atom. The van der Waals surface area contributed by atoms with E-state index in [4.69, 9.17) is 0 Å². The molecule has 0 aromatic carbocycles. The molecule has 152 valence electrons. The molecule has 2 N–H and O–H groups in total. The summed E-state index contributed by atoms with van der Waals surface area (Å²) >= 11 is 0. The fourth-order valence-corrected chi connectivity index (χ4v) is 3.41. The lowest BCUT2D eigenvalue weighted by atomic mass is 9.98. The van der Waals surface area contributed by atoms with Gasteiger partial charge < -0.3 is 10.2 Å². The second-order valence-electron chi connectivity index (χ2n) is 7.22. The number of nitrogens with zero attached hydrogens (tertiary/aromatic N) is 4. The molecule has 0 saturated carbocycles. The monoisotopic (exact) mass is 378 g/mol. The number of nitrogens with one attached hydrogen (secondary N) is 2. The number of amides is 2. The topological polar surface area (TPSA) is 92.2 Å². The minimum Gasteiger partial charge on any atom is -0.343 e.